The number of hydrogen-bond donors (Lipinski definition) is 1. The average Bonchev–Trinajstić information content (AvgIpc) is 3.05. The van der Waals surface area contributed by atoms with E-state index in [1.165, 1.54) is 55.3 Å². The van der Waals surface area contributed by atoms with Crippen molar-refractivity contribution in [1.29, 1.82) is 5.26 Å². The van der Waals surface area contributed by atoms with Gasteiger partial charge in [0.15, 0.2) is 5.11 Å². The van der Waals surface area contributed by atoms with Crippen molar-refractivity contribution >= 4 is 40.5 Å². The van der Waals surface area contributed by atoms with Gasteiger partial charge in [-0.3, -0.25) is 19.5 Å². The summed E-state index contributed by atoms with van der Waals surface area (Å²) in [6, 6.07) is 13.2. The molecule has 1 aliphatic heterocycles. The van der Waals surface area contributed by atoms with Crippen molar-refractivity contribution in [2.24, 2.45) is 0 Å². The highest BCUT2D eigenvalue weighted by atomic mass is 32.1. The second kappa shape index (κ2) is 9.83. The highest BCUT2D eigenvalue weighted by Crippen LogP contribution is 2.39. The maximum atomic E-state index is 15.0. The van der Waals surface area contributed by atoms with Crippen LogP contribution in [0.15, 0.2) is 60.8 Å². The van der Waals surface area contributed by atoms with Gasteiger partial charge in [0.05, 0.1) is 22.9 Å². The summed E-state index contributed by atoms with van der Waals surface area (Å²) < 4.78 is 55.6. The van der Waals surface area contributed by atoms with Crippen molar-refractivity contribution in [3.63, 3.8) is 0 Å². The van der Waals surface area contributed by atoms with E-state index < -0.39 is 40.5 Å². The molecule has 0 unspecified atom stereocenters. The molecular formula is C26H19F4N5O2S. The standard InChI is InChI=1S/C26H19F4N5O2S/c1-25(2)23(37)34(17-8-6-15(13-31)19(11-17)26(28,29)30)24(38)35(25)18-9-7-16(20(27)12-18)14-33-22(36)21-5-3-4-10-32-21/h3-12H,14H2,1-2H3,(H,33,36). The fraction of sp³-hybridized carbons (Fsp3) is 0.192. The van der Waals surface area contributed by atoms with Crippen LogP contribution >= 0.6 is 12.2 Å². The normalized spacial score (nSPS) is 15.0. The van der Waals surface area contributed by atoms with Crippen LogP contribution in [0.3, 0.4) is 0 Å². The number of hydrogen-bond acceptors (Lipinski definition) is 5. The van der Waals surface area contributed by atoms with Crippen molar-refractivity contribution in [3.8, 4) is 6.07 Å². The SMILES string of the molecule is CC1(C)C(=O)N(c2ccc(C#N)c(C(F)(F)F)c2)C(=S)N1c1ccc(CNC(=O)c2ccccn2)c(F)c1. The predicted molar refractivity (Wildman–Crippen MR) is 135 cm³/mol. The topological polar surface area (TPSA) is 89.3 Å². The second-order valence-electron chi connectivity index (χ2n) is 8.83. The number of halogens is 4. The number of carbonyl (C=O) groups excluding carboxylic acids is 2. The van der Waals surface area contributed by atoms with Gasteiger partial charge in [-0.25, -0.2) is 4.39 Å². The molecule has 0 atom stereocenters. The second-order valence-corrected chi connectivity index (χ2v) is 9.20. The summed E-state index contributed by atoms with van der Waals surface area (Å²) >= 11 is 5.46. The first-order valence-corrected chi connectivity index (χ1v) is 11.5. The lowest BCUT2D eigenvalue weighted by molar-refractivity contribution is -0.137. The summed E-state index contributed by atoms with van der Waals surface area (Å²) in [7, 11) is 0. The number of nitriles is 1. The Morgan fingerprint density at radius 3 is 2.45 bits per heavy atom. The highest BCUT2D eigenvalue weighted by Gasteiger charge is 2.50. The van der Waals surface area contributed by atoms with E-state index >= 15 is 4.39 Å². The Kier molecular flexibility index (Phi) is 6.90. The van der Waals surface area contributed by atoms with Crippen LogP contribution in [0.4, 0.5) is 28.9 Å². The molecule has 0 aliphatic carbocycles. The van der Waals surface area contributed by atoms with Crippen molar-refractivity contribution < 1.29 is 27.2 Å². The van der Waals surface area contributed by atoms with Gasteiger partial charge < -0.3 is 10.2 Å². The molecule has 38 heavy (non-hydrogen) atoms. The molecule has 0 bridgehead atoms. The van der Waals surface area contributed by atoms with E-state index in [0.29, 0.717) is 6.07 Å². The third-order valence-electron chi connectivity index (χ3n) is 5.99. The summed E-state index contributed by atoms with van der Waals surface area (Å²) in [6.45, 7) is 2.88. The Morgan fingerprint density at radius 2 is 1.84 bits per heavy atom. The lowest BCUT2D eigenvalue weighted by Crippen LogP contribution is -2.44. The molecule has 1 N–H and O–H groups in total. The number of thiocarbonyl (C=S) groups is 1. The van der Waals surface area contributed by atoms with E-state index in [1.54, 1.807) is 12.1 Å². The lowest BCUT2D eigenvalue weighted by atomic mass is 10.0. The number of anilines is 2. The quantitative estimate of drug-likeness (QED) is 0.363. The fourth-order valence-electron chi connectivity index (χ4n) is 4.04. The lowest BCUT2D eigenvalue weighted by Gasteiger charge is -2.29. The largest absolute Gasteiger partial charge is 0.417 e. The van der Waals surface area contributed by atoms with Gasteiger partial charge in [-0.1, -0.05) is 12.1 Å². The molecule has 4 rings (SSSR count). The highest BCUT2D eigenvalue weighted by molar-refractivity contribution is 7.81. The number of aromatic nitrogens is 1. The molecular weight excluding hydrogens is 522 g/mol. The molecule has 194 valence electrons. The summed E-state index contributed by atoms with van der Waals surface area (Å²) in [6.07, 6.45) is -3.37. The van der Waals surface area contributed by atoms with Crippen molar-refractivity contribution in [3.05, 3.63) is 89.0 Å². The van der Waals surface area contributed by atoms with Crippen LogP contribution < -0.4 is 15.1 Å². The predicted octanol–water partition coefficient (Wildman–Crippen LogP) is 4.96. The maximum absolute atomic E-state index is 15.0. The third kappa shape index (κ3) is 4.80. The van der Waals surface area contributed by atoms with Gasteiger partial charge in [0.2, 0.25) is 0 Å². The molecule has 0 radical (unpaired) electrons. The number of alkyl halides is 3. The Hall–Kier alpha value is -4.37. The van der Waals surface area contributed by atoms with E-state index in [1.807, 2.05) is 0 Å². The Labute approximate surface area is 220 Å². The van der Waals surface area contributed by atoms with Gasteiger partial charge in [-0.2, -0.15) is 18.4 Å². The summed E-state index contributed by atoms with van der Waals surface area (Å²) in [4.78, 5) is 31.7. The van der Waals surface area contributed by atoms with Gasteiger partial charge in [0, 0.05) is 24.0 Å². The minimum Gasteiger partial charge on any atom is -0.347 e. The number of nitrogens with one attached hydrogen (secondary N) is 1. The first kappa shape index (κ1) is 26.7. The zero-order chi connectivity index (χ0) is 27.8. The molecule has 0 spiro atoms. The number of pyridine rings is 1. The summed E-state index contributed by atoms with van der Waals surface area (Å²) in [5, 5.41) is 11.5. The van der Waals surface area contributed by atoms with E-state index in [4.69, 9.17) is 17.5 Å². The minimum absolute atomic E-state index is 0.133. The van der Waals surface area contributed by atoms with Crippen LogP contribution in [0.5, 0.6) is 0 Å². The Morgan fingerprint density at radius 1 is 1.13 bits per heavy atom. The van der Waals surface area contributed by atoms with E-state index in [2.05, 4.69) is 10.3 Å². The average molecular weight is 542 g/mol. The van der Waals surface area contributed by atoms with Crippen molar-refractivity contribution in [2.45, 2.75) is 32.1 Å². The van der Waals surface area contributed by atoms with Crippen LogP contribution in [0, 0.1) is 17.1 Å². The van der Waals surface area contributed by atoms with Gasteiger partial charge in [0.1, 0.15) is 17.1 Å². The van der Waals surface area contributed by atoms with Gasteiger partial charge in [-0.05, 0) is 68.5 Å². The summed E-state index contributed by atoms with van der Waals surface area (Å²) in [5.41, 5.74) is -2.82. The Balaban J connectivity index is 1.62. The molecule has 2 amide bonds. The minimum atomic E-state index is -4.83. The van der Waals surface area contributed by atoms with Crippen molar-refractivity contribution in [1.82, 2.24) is 10.3 Å². The zero-order valence-corrected chi connectivity index (χ0v) is 20.8. The van der Waals surface area contributed by atoms with Crippen LogP contribution in [0.2, 0.25) is 0 Å². The van der Waals surface area contributed by atoms with Crippen LogP contribution in [-0.4, -0.2) is 27.4 Å². The molecule has 12 heteroatoms. The molecule has 1 aromatic heterocycles. The molecule has 2 aromatic carbocycles. The molecule has 1 saturated heterocycles. The van der Waals surface area contributed by atoms with Crippen LogP contribution in [0.25, 0.3) is 0 Å². The van der Waals surface area contributed by atoms with E-state index in [0.717, 1.165) is 17.0 Å². The van der Waals surface area contributed by atoms with Crippen molar-refractivity contribution in [2.75, 3.05) is 9.80 Å². The number of benzene rings is 2. The van der Waals surface area contributed by atoms with E-state index in [9.17, 15) is 22.8 Å². The monoisotopic (exact) mass is 541 g/mol. The molecule has 1 fully saturated rings. The maximum Gasteiger partial charge on any atom is 0.417 e. The summed E-state index contributed by atoms with van der Waals surface area (Å²) in [5.74, 6) is -1.81. The molecule has 2 heterocycles. The molecule has 3 aromatic rings. The number of carbonyl (C=O) groups is 2. The smallest absolute Gasteiger partial charge is 0.347 e. The molecule has 7 nitrogen and oxygen atoms in total. The number of amides is 2. The van der Waals surface area contributed by atoms with Gasteiger partial charge in [-0.15, -0.1) is 0 Å². The van der Waals surface area contributed by atoms with Gasteiger partial charge in [0.25, 0.3) is 11.8 Å². The fourth-order valence-corrected chi connectivity index (χ4v) is 4.56. The van der Waals surface area contributed by atoms with Crippen LogP contribution in [0.1, 0.15) is 41.0 Å². The van der Waals surface area contributed by atoms with Gasteiger partial charge >= 0.3 is 6.18 Å². The van der Waals surface area contributed by atoms with E-state index in [-0.39, 0.29) is 34.3 Å². The number of nitrogens with zero attached hydrogens (tertiary/aromatic N) is 4. The Bertz CT molecular complexity index is 1490. The first-order valence-electron chi connectivity index (χ1n) is 11.1. The zero-order valence-electron chi connectivity index (χ0n) is 20.0. The van der Waals surface area contributed by atoms with Crippen LogP contribution in [-0.2, 0) is 17.5 Å². The first-order chi connectivity index (χ1) is 17.9. The third-order valence-corrected chi connectivity index (χ3v) is 6.35. The molecule has 1 aliphatic rings. The number of rotatable bonds is 5. The molecule has 0 saturated carbocycles.